The Morgan fingerprint density at radius 2 is 1.95 bits per heavy atom. The van der Waals surface area contributed by atoms with Gasteiger partial charge in [-0.15, -0.1) is 0 Å². The number of para-hydroxylation sites is 1. The van der Waals surface area contributed by atoms with Gasteiger partial charge < -0.3 is 10.5 Å². The first kappa shape index (κ1) is 13.6. The molecule has 0 aliphatic heterocycles. The molecule has 0 fully saturated rings. The zero-order chi connectivity index (χ0) is 13.8. The van der Waals surface area contributed by atoms with Crippen LogP contribution in [0.3, 0.4) is 0 Å². The van der Waals surface area contributed by atoms with Crippen LogP contribution >= 0.6 is 15.9 Å². The van der Waals surface area contributed by atoms with Crippen molar-refractivity contribution >= 4 is 27.4 Å². The van der Waals surface area contributed by atoms with Gasteiger partial charge in [0, 0.05) is 15.7 Å². The van der Waals surface area contributed by atoms with Crippen LogP contribution in [0.15, 0.2) is 46.9 Å². The van der Waals surface area contributed by atoms with Crippen LogP contribution in [0.25, 0.3) is 0 Å². The Morgan fingerprint density at radius 1 is 1.21 bits per heavy atom. The van der Waals surface area contributed by atoms with Gasteiger partial charge in [0.15, 0.2) is 5.78 Å². The predicted molar refractivity (Wildman–Crippen MR) is 79.6 cm³/mol. The molecule has 0 atom stereocenters. The molecule has 4 heteroatoms. The number of benzene rings is 2. The summed E-state index contributed by atoms with van der Waals surface area (Å²) in [5.74, 6) is 0.450. The third kappa shape index (κ3) is 2.96. The lowest BCUT2D eigenvalue weighted by atomic mass is 10.0. The fourth-order valence-corrected chi connectivity index (χ4v) is 2.20. The van der Waals surface area contributed by atoms with Crippen molar-refractivity contribution in [3.05, 3.63) is 58.1 Å². The summed E-state index contributed by atoms with van der Waals surface area (Å²) in [6.07, 6.45) is 0. The van der Waals surface area contributed by atoms with Gasteiger partial charge in [-0.2, -0.15) is 0 Å². The second-order valence-corrected chi connectivity index (χ2v) is 4.91. The molecule has 0 saturated heterocycles. The molecule has 19 heavy (non-hydrogen) atoms. The highest BCUT2D eigenvalue weighted by Crippen LogP contribution is 2.26. The largest absolute Gasteiger partial charge is 0.493 e. The van der Waals surface area contributed by atoms with E-state index in [0.717, 1.165) is 4.47 Å². The molecule has 3 nitrogen and oxygen atoms in total. The number of halogens is 1. The van der Waals surface area contributed by atoms with Gasteiger partial charge in [0.25, 0.3) is 0 Å². The van der Waals surface area contributed by atoms with Crippen LogP contribution in [-0.2, 0) is 0 Å². The molecule has 2 rings (SSSR count). The molecule has 0 amide bonds. The Kier molecular flexibility index (Phi) is 4.22. The van der Waals surface area contributed by atoms with Gasteiger partial charge in [-0.05, 0) is 37.3 Å². The predicted octanol–water partition coefficient (Wildman–Crippen LogP) is 3.66. The number of anilines is 1. The van der Waals surface area contributed by atoms with Gasteiger partial charge in [-0.1, -0.05) is 28.1 Å². The molecule has 0 unspecified atom stereocenters. The third-order valence-corrected chi connectivity index (χ3v) is 3.18. The van der Waals surface area contributed by atoms with E-state index in [2.05, 4.69) is 15.9 Å². The van der Waals surface area contributed by atoms with E-state index in [9.17, 15) is 4.79 Å². The van der Waals surface area contributed by atoms with E-state index in [1.165, 1.54) is 0 Å². The summed E-state index contributed by atoms with van der Waals surface area (Å²) in [7, 11) is 0. The molecule has 2 aromatic rings. The lowest BCUT2D eigenvalue weighted by Crippen LogP contribution is -2.08. The molecule has 0 radical (unpaired) electrons. The number of nitrogen functional groups attached to an aromatic ring is 1. The number of ketones is 1. The minimum Gasteiger partial charge on any atom is -0.493 e. The van der Waals surface area contributed by atoms with Crippen LogP contribution in [0.1, 0.15) is 22.8 Å². The van der Waals surface area contributed by atoms with Gasteiger partial charge in [0.1, 0.15) is 5.75 Å². The Balaban J connectivity index is 2.44. The Bertz CT molecular complexity index is 611. The van der Waals surface area contributed by atoms with Crippen LogP contribution in [0.4, 0.5) is 5.69 Å². The second kappa shape index (κ2) is 5.89. The first-order valence-electron chi connectivity index (χ1n) is 5.95. The lowest BCUT2D eigenvalue weighted by molar-refractivity contribution is 0.103. The maximum Gasteiger partial charge on any atom is 0.198 e. The summed E-state index contributed by atoms with van der Waals surface area (Å²) in [5, 5.41) is 0. The van der Waals surface area contributed by atoms with Crippen molar-refractivity contribution in [1.82, 2.24) is 0 Å². The SMILES string of the molecule is CCOc1ccccc1C(=O)c1ccc(Br)cc1N. The molecule has 0 bridgehead atoms. The number of nitrogens with two attached hydrogens (primary N) is 1. The van der Waals surface area contributed by atoms with Crippen molar-refractivity contribution in [3.63, 3.8) is 0 Å². The number of hydrogen-bond donors (Lipinski definition) is 1. The molecule has 0 aliphatic rings. The highest BCUT2D eigenvalue weighted by Gasteiger charge is 2.16. The van der Waals surface area contributed by atoms with Crippen LogP contribution in [0.2, 0.25) is 0 Å². The Hall–Kier alpha value is -1.81. The maximum atomic E-state index is 12.5. The van der Waals surface area contributed by atoms with Gasteiger partial charge in [-0.3, -0.25) is 4.79 Å². The molecule has 2 N–H and O–H groups in total. The molecule has 0 aliphatic carbocycles. The summed E-state index contributed by atoms with van der Waals surface area (Å²) in [4.78, 5) is 12.5. The minimum atomic E-state index is -0.131. The summed E-state index contributed by atoms with van der Waals surface area (Å²) in [6, 6.07) is 12.4. The Morgan fingerprint density at radius 3 is 2.63 bits per heavy atom. The fourth-order valence-electron chi connectivity index (χ4n) is 1.82. The molecular formula is C15H14BrNO2. The number of rotatable bonds is 4. The van der Waals surface area contributed by atoms with Crippen molar-refractivity contribution in [2.45, 2.75) is 6.92 Å². The van der Waals surface area contributed by atoms with Gasteiger partial charge >= 0.3 is 0 Å². The van der Waals surface area contributed by atoms with E-state index < -0.39 is 0 Å². The van der Waals surface area contributed by atoms with Crippen molar-refractivity contribution in [2.75, 3.05) is 12.3 Å². The number of hydrogen-bond acceptors (Lipinski definition) is 3. The first-order valence-corrected chi connectivity index (χ1v) is 6.74. The average molecular weight is 320 g/mol. The zero-order valence-corrected chi connectivity index (χ0v) is 12.1. The molecule has 0 heterocycles. The van der Waals surface area contributed by atoms with Crippen LogP contribution < -0.4 is 10.5 Å². The third-order valence-electron chi connectivity index (χ3n) is 2.69. The quantitative estimate of drug-likeness (QED) is 0.691. The highest BCUT2D eigenvalue weighted by molar-refractivity contribution is 9.10. The molecule has 2 aromatic carbocycles. The van der Waals surface area contributed by atoms with Gasteiger partial charge in [0.2, 0.25) is 0 Å². The monoisotopic (exact) mass is 319 g/mol. The van der Waals surface area contributed by atoms with E-state index in [1.54, 1.807) is 30.3 Å². The van der Waals surface area contributed by atoms with Gasteiger partial charge in [0.05, 0.1) is 12.2 Å². The minimum absolute atomic E-state index is 0.131. The van der Waals surface area contributed by atoms with Crippen molar-refractivity contribution < 1.29 is 9.53 Å². The second-order valence-electron chi connectivity index (χ2n) is 3.99. The molecule has 0 saturated carbocycles. The van der Waals surface area contributed by atoms with E-state index in [0.29, 0.717) is 29.2 Å². The van der Waals surface area contributed by atoms with Crippen LogP contribution in [0.5, 0.6) is 5.75 Å². The van der Waals surface area contributed by atoms with Crippen LogP contribution in [-0.4, -0.2) is 12.4 Å². The summed E-state index contributed by atoms with van der Waals surface area (Å²) in [6.45, 7) is 2.40. The summed E-state index contributed by atoms with van der Waals surface area (Å²) in [5.41, 5.74) is 7.35. The summed E-state index contributed by atoms with van der Waals surface area (Å²) >= 11 is 3.32. The van der Waals surface area contributed by atoms with E-state index in [4.69, 9.17) is 10.5 Å². The van der Waals surface area contributed by atoms with E-state index in [1.807, 2.05) is 19.1 Å². The van der Waals surface area contributed by atoms with Crippen LogP contribution in [0, 0.1) is 0 Å². The zero-order valence-electron chi connectivity index (χ0n) is 10.5. The van der Waals surface area contributed by atoms with Crippen molar-refractivity contribution in [2.24, 2.45) is 0 Å². The number of carbonyl (C=O) groups is 1. The highest BCUT2D eigenvalue weighted by atomic mass is 79.9. The molecule has 0 aromatic heterocycles. The van der Waals surface area contributed by atoms with Crippen molar-refractivity contribution in [3.8, 4) is 5.75 Å². The molecule has 98 valence electrons. The molecule has 0 spiro atoms. The number of ether oxygens (including phenoxy) is 1. The average Bonchev–Trinajstić information content (AvgIpc) is 2.39. The van der Waals surface area contributed by atoms with E-state index in [-0.39, 0.29) is 5.78 Å². The lowest BCUT2D eigenvalue weighted by Gasteiger charge is -2.10. The first-order chi connectivity index (χ1) is 9.13. The standard InChI is InChI=1S/C15H14BrNO2/c1-2-19-14-6-4-3-5-12(14)15(18)11-8-7-10(16)9-13(11)17/h3-9H,2,17H2,1H3. The number of carbonyl (C=O) groups excluding carboxylic acids is 1. The topological polar surface area (TPSA) is 52.3 Å². The normalized spacial score (nSPS) is 10.2. The van der Waals surface area contributed by atoms with Crippen molar-refractivity contribution in [1.29, 1.82) is 0 Å². The van der Waals surface area contributed by atoms with Gasteiger partial charge in [-0.25, -0.2) is 0 Å². The Labute approximate surface area is 120 Å². The van der Waals surface area contributed by atoms with E-state index >= 15 is 0 Å². The fraction of sp³-hybridized carbons (Fsp3) is 0.133. The maximum absolute atomic E-state index is 12.5. The smallest absolute Gasteiger partial charge is 0.198 e. The summed E-state index contributed by atoms with van der Waals surface area (Å²) < 4.78 is 6.32. The molecular weight excluding hydrogens is 306 g/mol.